The Labute approximate surface area is 90.2 Å². The molecular weight excluding hydrogens is 192 g/mol. The van der Waals surface area contributed by atoms with Gasteiger partial charge in [0.25, 0.3) is 0 Å². The number of aryl methyl sites for hydroxylation is 1. The van der Waals surface area contributed by atoms with E-state index in [1.54, 1.807) is 0 Å². The summed E-state index contributed by atoms with van der Waals surface area (Å²) in [4.78, 5) is 11.3. The van der Waals surface area contributed by atoms with Gasteiger partial charge in [-0.2, -0.15) is 0 Å². The van der Waals surface area contributed by atoms with E-state index in [0.717, 1.165) is 5.56 Å². The van der Waals surface area contributed by atoms with Crippen molar-refractivity contribution in [3.63, 3.8) is 0 Å². The average Bonchev–Trinajstić information content (AvgIpc) is 2.45. The first kappa shape index (κ1) is 11.6. The minimum atomic E-state index is -0.444. The number of nitrogens with one attached hydrogen (secondary N) is 1. The Bertz CT molecular complexity index is 337. The maximum absolute atomic E-state index is 11.3. The summed E-state index contributed by atoms with van der Waals surface area (Å²) in [5, 5.41) is 2.69. The number of carbonyl (C=O) groups is 1. The minimum absolute atomic E-state index is 0.383. The number of alkyl carbamates (subject to hydrolysis) is 1. The second kappa shape index (κ2) is 4.38. The van der Waals surface area contributed by atoms with Crippen LogP contribution in [0.25, 0.3) is 0 Å². The topological polar surface area (TPSA) is 43.3 Å². The summed E-state index contributed by atoms with van der Waals surface area (Å²) in [5.74, 6) is 0. The molecule has 1 heterocycles. The molecule has 0 bridgehead atoms. The molecule has 1 aromatic heterocycles. The van der Waals surface area contributed by atoms with Crippen LogP contribution in [0, 0.1) is 0 Å². The Hall–Kier alpha value is -1.45. The number of amides is 1. The maximum atomic E-state index is 11.3. The highest BCUT2D eigenvalue weighted by atomic mass is 16.6. The van der Waals surface area contributed by atoms with Gasteiger partial charge in [0, 0.05) is 26.0 Å². The third-order valence-electron chi connectivity index (χ3n) is 1.73. The van der Waals surface area contributed by atoms with Gasteiger partial charge in [-0.1, -0.05) is 0 Å². The van der Waals surface area contributed by atoms with Crippen LogP contribution in [-0.4, -0.2) is 16.3 Å². The van der Waals surface area contributed by atoms with E-state index in [2.05, 4.69) is 5.32 Å². The number of hydrogen-bond donors (Lipinski definition) is 1. The van der Waals surface area contributed by atoms with Crippen LogP contribution in [0.5, 0.6) is 0 Å². The summed E-state index contributed by atoms with van der Waals surface area (Å²) in [5.41, 5.74) is 0.615. The fourth-order valence-corrected chi connectivity index (χ4v) is 1.15. The van der Waals surface area contributed by atoms with Crippen molar-refractivity contribution in [2.45, 2.75) is 32.9 Å². The van der Waals surface area contributed by atoms with Crippen LogP contribution in [0.3, 0.4) is 0 Å². The third kappa shape index (κ3) is 4.54. The standard InChI is InChI=1S/C11H18N2O2/c1-11(2,3)15-10(14)12-7-9-5-6-13(4)8-9/h5-6,8H,7H2,1-4H3,(H,12,14). The number of rotatable bonds is 2. The van der Waals surface area contributed by atoms with Crippen molar-refractivity contribution >= 4 is 6.09 Å². The second-order valence-corrected chi connectivity index (χ2v) is 4.54. The Balaban J connectivity index is 2.35. The van der Waals surface area contributed by atoms with Crippen molar-refractivity contribution in [3.8, 4) is 0 Å². The lowest BCUT2D eigenvalue weighted by molar-refractivity contribution is 0.0523. The molecular formula is C11H18N2O2. The first-order valence-corrected chi connectivity index (χ1v) is 4.94. The number of carbonyl (C=O) groups excluding carboxylic acids is 1. The number of nitrogens with zero attached hydrogens (tertiary/aromatic N) is 1. The number of aromatic nitrogens is 1. The van der Waals surface area contributed by atoms with Crippen molar-refractivity contribution in [2.24, 2.45) is 7.05 Å². The molecule has 1 aromatic rings. The van der Waals surface area contributed by atoms with Crippen molar-refractivity contribution in [1.82, 2.24) is 9.88 Å². The lowest BCUT2D eigenvalue weighted by Crippen LogP contribution is -2.32. The molecule has 1 rings (SSSR count). The Kier molecular flexibility index (Phi) is 3.39. The van der Waals surface area contributed by atoms with Crippen LogP contribution >= 0.6 is 0 Å². The zero-order valence-electron chi connectivity index (χ0n) is 9.70. The molecule has 0 unspecified atom stereocenters. The molecule has 1 amide bonds. The number of hydrogen-bond acceptors (Lipinski definition) is 2. The summed E-state index contributed by atoms with van der Waals surface area (Å²) in [6.07, 6.45) is 3.51. The molecule has 0 aliphatic carbocycles. The quantitative estimate of drug-likeness (QED) is 0.811. The van der Waals surface area contributed by atoms with Crippen LogP contribution in [0.1, 0.15) is 26.3 Å². The van der Waals surface area contributed by atoms with E-state index in [1.165, 1.54) is 0 Å². The molecule has 0 saturated heterocycles. The van der Waals surface area contributed by atoms with Gasteiger partial charge in [0.05, 0.1) is 0 Å². The van der Waals surface area contributed by atoms with Gasteiger partial charge >= 0.3 is 6.09 Å². The van der Waals surface area contributed by atoms with Gasteiger partial charge in [0.2, 0.25) is 0 Å². The molecule has 0 aliphatic heterocycles. The fraction of sp³-hybridized carbons (Fsp3) is 0.545. The zero-order chi connectivity index (χ0) is 11.5. The van der Waals surface area contributed by atoms with E-state index in [1.807, 2.05) is 50.8 Å². The largest absolute Gasteiger partial charge is 0.444 e. The maximum Gasteiger partial charge on any atom is 0.407 e. The normalized spacial score (nSPS) is 11.2. The third-order valence-corrected chi connectivity index (χ3v) is 1.73. The Morgan fingerprint density at radius 2 is 2.20 bits per heavy atom. The summed E-state index contributed by atoms with van der Waals surface area (Å²) < 4.78 is 7.05. The molecule has 0 fully saturated rings. The first-order chi connectivity index (χ1) is 6.87. The van der Waals surface area contributed by atoms with Gasteiger partial charge in [0.1, 0.15) is 5.60 Å². The minimum Gasteiger partial charge on any atom is -0.444 e. The van der Waals surface area contributed by atoms with Gasteiger partial charge in [-0.25, -0.2) is 4.79 Å². The Morgan fingerprint density at radius 3 is 2.67 bits per heavy atom. The van der Waals surface area contributed by atoms with E-state index in [4.69, 9.17) is 4.74 Å². The highest BCUT2D eigenvalue weighted by Crippen LogP contribution is 2.07. The molecule has 0 atom stereocenters. The van der Waals surface area contributed by atoms with Crippen LogP contribution < -0.4 is 5.32 Å². The van der Waals surface area contributed by atoms with E-state index >= 15 is 0 Å². The van der Waals surface area contributed by atoms with Gasteiger partial charge in [0.15, 0.2) is 0 Å². The molecule has 1 N–H and O–H groups in total. The lowest BCUT2D eigenvalue weighted by atomic mass is 10.2. The van der Waals surface area contributed by atoms with Crippen LogP contribution in [-0.2, 0) is 18.3 Å². The Morgan fingerprint density at radius 1 is 1.53 bits per heavy atom. The molecule has 84 valence electrons. The monoisotopic (exact) mass is 210 g/mol. The summed E-state index contributed by atoms with van der Waals surface area (Å²) in [7, 11) is 1.94. The van der Waals surface area contributed by atoms with E-state index < -0.39 is 5.60 Å². The molecule has 4 nitrogen and oxygen atoms in total. The number of ether oxygens (including phenoxy) is 1. The van der Waals surface area contributed by atoms with Crippen LogP contribution in [0.4, 0.5) is 4.79 Å². The average molecular weight is 210 g/mol. The van der Waals surface area contributed by atoms with Crippen molar-refractivity contribution in [3.05, 3.63) is 24.0 Å². The van der Waals surface area contributed by atoms with Crippen LogP contribution in [0.15, 0.2) is 18.5 Å². The van der Waals surface area contributed by atoms with Gasteiger partial charge < -0.3 is 14.6 Å². The van der Waals surface area contributed by atoms with Crippen molar-refractivity contribution in [2.75, 3.05) is 0 Å². The fourth-order valence-electron chi connectivity index (χ4n) is 1.15. The highest BCUT2D eigenvalue weighted by molar-refractivity contribution is 5.67. The molecule has 0 radical (unpaired) electrons. The predicted molar refractivity (Wildman–Crippen MR) is 58.5 cm³/mol. The van der Waals surface area contributed by atoms with E-state index in [9.17, 15) is 4.79 Å². The van der Waals surface area contributed by atoms with Gasteiger partial charge in [-0.15, -0.1) is 0 Å². The smallest absolute Gasteiger partial charge is 0.407 e. The molecule has 0 saturated carbocycles. The van der Waals surface area contributed by atoms with Crippen molar-refractivity contribution in [1.29, 1.82) is 0 Å². The first-order valence-electron chi connectivity index (χ1n) is 4.94. The van der Waals surface area contributed by atoms with E-state index in [-0.39, 0.29) is 6.09 Å². The SMILES string of the molecule is Cn1ccc(CNC(=O)OC(C)(C)C)c1. The molecule has 0 spiro atoms. The summed E-state index contributed by atoms with van der Waals surface area (Å²) in [6.45, 7) is 6.02. The van der Waals surface area contributed by atoms with Gasteiger partial charge in [-0.05, 0) is 32.4 Å². The lowest BCUT2D eigenvalue weighted by Gasteiger charge is -2.19. The summed E-state index contributed by atoms with van der Waals surface area (Å²) >= 11 is 0. The zero-order valence-corrected chi connectivity index (χ0v) is 9.70. The summed E-state index contributed by atoms with van der Waals surface area (Å²) in [6, 6.07) is 1.96. The van der Waals surface area contributed by atoms with Gasteiger partial charge in [-0.3, -0.25) is 0 Å². The van der Waals surface area contributed by atoms with Crippen LogP contribution in [0.2, 0.25) is 0 Å². The van der Waals surface area contributed by atoms with Crippen molar-refractivity contribution < 1.29 is 9.53 Å². The predicted octanol–water partition coefficient (Wildman–Crippen LogP) is 2.05. The van der Waals surface area contributed by atoms with E-state index in [0.29, 0.717) is 6.54 Å². The molecule has 0 aromatic carbocycles. The second-order valence-electron chi connectivity index (χ2n) is 4.54. The molecule has 0 aliphatic rings. The highest BCUT2D eigenvalue weighted by Gasteiger charge is 2.15. The molecule has 15 heavy (non-hydrogen) atoms. The molecule has 4 heteroatoms.